The van der Waals surface area contributed by atoms with E-state index in [2.05, 4.69) is 14.9 Å². The number of anilines is 2. The van der Waals surface area contributed by atoms with Gasteiger partial charge in [-0.05, 0) is 12.8 Å². The Balaban J connectivity index is 2.27. The SMILES string of the molecule is Nc1c(N2CCCCCC2)nc[nH]c1=O. The van der Waals surface area contributed by atoms with Crippen LogP contribution in [0.1, 0.15) is 25.7 Å². The van der Waals surface area contributed by atoms with Crippen molar-refractivity contribution in [1.82, 2.24) is 9.97 Å². The molecule has 0 saturated carbocycles. The zero-order valence-electron chi connectivity index (χ0n) is 8.70. The van der Waals surface area contributed by atoms with Gasteiger partial charge in [-0.25, -0.2) is 4.98 Å². The van der Waals surface area contributed by atoms with E-state index < -0.39 is 0 Å². The van der Waals surface area contributed by atoms with Gasteiger partial charge in [0.15, 0.2) is 5.82 Å². The number of hydrogen-bond donors (Lipinski definition) is 2. The fourth-order valence-corrected chi connectivity index (χ4v) is 1.94. The van der Waals surface area contributed by atoms with E-state index in [1.165, 1.54) is 19.2 Å². The summed E-state index contributed by atoms with van der Waals surface area (Å²) in [5, 5.41) is 0. The summed E-state index contributed by atoms with van der Waals surface area (Å²) >= 11 is 0. The summed E-state index contributed by atoms with van der Waals surface area (Å²) in [6.07, 6.45) is 6.21. The largest absolute Gasteiger partial charge is 0.391 e. The lowest BCUT2D eigenvalue weighted by Gasteiger charge is -2.21. The maximum absolute atomic E-state index is 11.3. The first kappa shape index (κ1) is 10.0. The summed E-state index contributed by atoms with van der Waals surface area (Å²) in [7, 11) is 0. The number of nitrogen functional groups attached to an aromatic ring is 1. The molecule has 0 amide bonds. The molecule has 1 aromatic rings. The average Bonchev–Trinajstić information content (AvgIpc) is 2.50. The Kier molecular flexibility index (Phi) is 2.89. The Hall–Kier alpha value is -1.52. The molecule has 0 spiro atoms. The van der Waals surface area contributed by atoms with Crippen molar-refractivity contribution in [2.75, 3.05) is 23.7 Å². The van der Waals surface area contributed by atoms with Gasteiger partial charge in [-0.3, -0.25) is 4.79 Å². The Morgan fingerprint density at radius 2 is 1.93 bits per heavy atom. The van der Waals surface area contributed by atoms with Crippen LogP contribution in [0, 0.1) is 0 Å². The fourth-order valence-electron chi connectivity index (χ4n) is 1.94. The van der Waals surface area contributed by atoms with E-state index in [1.807, 2.05) is 0 Å². The zero-order valence-corrected chi connectivity index (χ0v) is 8.70. The van der Waals surface area contributed by atoms with Crippen LogP contribution in [-0.4, -0.2) is 23.1 Å². The van der Waals surface area contributed by atoms with E-state index in [9.17, 15) is 4.79 Å². The van der Waals surface area contributed by atoms with Crippen LogP contribution in [0.3, 0.4) is 0 Å². The molecule has 2 rings (SSSR count). The minimum absolute atomic E-state index is 0.236. The smallest absolute Gasteiger partial charge is 0.276 e. The van der Waals surface area contributed by atoms with Gasteiger partial charge in [0.05, 0.1) is 6.33 Å². The van der Waals surface area contributed by atoms with E-state index >= 15 is 0 Å². The molecule has 0 aromatic carbocycles. The van der Waals surface area contributed by atoms with Crippen LogP contribution in [0.4, 0.5) is 11.5 Å². The van der Waals surface area contributed by atoms with Gasteiger partial charge in [0.1, 0.15) is 5.69 Å². The quantitative estimate of drug-likeness (QED) is 0.713. The fraction of sp³-hybridized carbons (Fsp3) is 0.600. The number of hydrogen-bond acceptors (Lipinski definition) is 4. The predicted octanol–water partition coefficient (Wildman–Crippen LogP) is 0.732. The molecular formula is C10H16N4O. The molecule has 0 aliphatic carbocycles. The van der Waals surface area contributed by atoms with Crippen LogP contribution in [-0.2, 0) is 0 Å². The maximum atomic E-state index is 11.3. The van der Waals surface area contributed by atoms with E-state index in [4.69, 9.17) is 5.73 Å². The van der Waals surface area contributed by atoms with Crippen molar-refractivity contribution in [3.05, 3.63) is 16.7 Å². The summed E-state index contributed by atoms with van der Waals surface area (Å²) in [6.45, 7) is 1.89. The Labute approximate surface area is 88.3 Å². The second-order valence-corrected chi connectivity index (χ2v) is 3.87. The van der Waals surface area contributed by atoms with Gasteiger partial charge in [-0.15, -0.1) is 0 Å². The number of rotatable bonds is 1. The van der Waals surface area contributed by atoms with Crippen LogP contribution in [0.25, 0.3) is 0 Å². The summed E-state index contributed by atoms with van der Waals surface area (Å²) < 4.78 is 0. The maximum Gasteiger partial charge on any atom is 0.276 e. The van der Waals surface area contributed by atoms with Crippen molar-refractivity contribution in [3.8, 4) is 0 Å². The standard InChI is InChI=1S/C10H16N4O/c11-8-9(12-7-13-10(8)15)14-5-3-1-2-4-6-14/h7H,1-6,11H2,(H,12,13,15). The predicted molar refractivity (Wildman–Crippen MR) is 60.0 cm³/mol. The zero-order chi connectivity index (χ0) is 10.7. The number of H-pyrrole nitrogens is 1. The third kappa shape index (κ3) is 2.11. The first-order valence-electron chi connectivity index (χ1n) is 5.37. The van der Waals surface area contributed by atoms with Crippen LogP contribution in [0.2, 0.25) is 0 Å². The highest BCUT2D eigenvalue weighted by molar-refractivity contribution is 5.60. The Morgan fingerprint density at radius 3 is 2.60 bits per heavy atom. The Bertz CT molecular complexity index is 379. The third-order valence-corrected chi connectivity index (χ3v) is 2.77. The van der Waals surface area contributed by atoms with Crippen molar-refractivity contribution in [2.45, 2.75) is 25.7 Å². The third-order valence-electron chi connectivity index (χ3n) is 2.77. The van der Waals surface area contributed by atoms with Gasteiger partial charge in [0.25, 0.3) is 5.56 Å². The molecule has 0 bridgehead atoms. The van der Waals surface area contributed by atoms with Crippen molar-refractivity contribution >= 4 is 11.5 Å². The number of nitrogens with two attached hydrogens (primary N) is 1. The molecule has 1 aliphatic heterocycles. The van der Waals surface area contributed by atoms with Gasteiger partial charge in [-0.1, -0.05) is 12.8 Å². The lowest BCUT2D eigenvalue weighted by atomic mass is 10.2. The number of aromatic nitrogens is 2. The van der Waals surface area contributed by atoms with Gasteiger partial charge >= 0.3 is 0 Å². The molecular weight excluding hydrogens is 192 g/mol. The molecule has 1 aliphatic rings. The highest BCUT2D eigenvalue weighted by Crippen LogP contribution is 2.19. The molecule has 1 fully saturated rings. The van der Waals surface area contributed by atoms with Gasteiger partial charge in [-0.2, -0.15) is 0 Å². The number of nitrogens with one attached hydrogen (secondary N) is 1. The van der Waals surface area contributed by atoms with Gasteiger partial charge < -0.3 is 15.6 Å². The van der Waals surface area contributed by atoms with Crippen LogP contribution >= 0.6 is 0 Å². The molecule has 0 atom stereocenters. The van der Waals surface area contributed by atoms with Crippen LogP contribution < -0.4 is 16.2 Å². The van der Waals surface area contributed by atoms with Crippen LogP contribution in [0.15, 0.2) is 11.1 Å². The lowest BCUT2D eigenvalue weighted by Crippen LogP contribution is -2.28. The van der Waals surface area contributed by atoms with Crippen LogP contribution in [0.5, 0.6) is 0 Å². The second-order valence-electron chi connectivity index (χ2n) is 3.87. The van der Waals surface area contributed by atoms with E-state index in [0.717, 1.165) is 25.9 Å². The molecule has 3 N–H and O–H groups in total. The Morgan fingerprint density at radius 1 is 1.27 bits per heavy atom. The monoisotopic (exact) mass is 208 g/mol. The minimum Gasteiger partial charge on any atom is -0.391 e. The summed E-state index contributed by atoms with van der Waals surface area (Å²) in [4.78, 5) is 20.1. The molecule has 1 saturated heterocycles. The van der Waals surface area contributed by atoms with Gasteiger partial charge in [0.2, 0.25) is 0 Å². The summed E-state index contributed by atoms with van der Waals surface area (Å²) in [5.41, 5.74) is 5.71. The highest BCUT2D eigenvalue weighted by Gasteiger charge is 2.14. The molecule has 5 heteroatoms. The van der Waals surface area contributed by atoms with Gasteiger partial charge in [0, 0.05) is 13.1 Å². The number of nitrogens with zero attached hydrogens (tertiary/aromatic N) is 2. The molecule has 82 valence electrons. The van der Waals surface area contributed by atoms with Crippen molar-refractivity contribution in [2.24, 2.45) is 0 Å². The molecule has 1 aromatic heterocycles. The average molecular weight is 208 g/mol. The molecule has 0 unspecified atom stereocenters. The lowest BCUT2D eigenvalue weighted by molar-refractivity contribution is 0.726. The topological polar surface area (TPSA) is 75.0 Å². The minimum atomic E-state index is -0.246. The van der Waals surface area contributed by atoms with Crippen molar-refractivity contribution < 1.29 is 0 Å². The first-order valence-corrected chi connectivity index (χ1v) is 5.37. The normalized spacial score (nSPS) is 17.5. The van der Waals surface area contributed by atoms with E-state index in [-0.39, 0.29) is 11.2 Å². The summed E-state index contributed by atoms with van der Waals surface area (Å²) in [5.74, 6) is 0.639. The molecule has 2 heterocycles. The number of aromatic amines is 1. The summed E-state index contributed by atoms with van der Waals surface area (Å²) in [6, 6.07) is 0. The van der Waals surface area contributed by atoms with Crippen molar-refractivity contribution in [1.29, 1.82) is 0 Å². The highest BCUT2D eigenvalue weighted by atomic mass is 16.1. The van der Waals surface area contributed by atoms with E-state index in [1.54, 1.807) is 0 Å². The van der Waals surface area contributed by atoms with E-state index in [0.29, 0.717) is 5.82 Å². The first-order chi connectivity index (χ1) is 7.29. The molecule has 0 radical (unpaired) electrons. The molecule has 5 nitrogen and oxygen atoms in total. The molecule has 15 heavy (non-hydrogen) atoms. The van der Waals surface area contributed by atoms with Crippen molar-refractivity contribution in [3.63, 3.8) is 0 Å². The second kappa shape index (κ2) is 4.33.